The fraction of sp³-hybridized carbons (Fsp3) is 0.133. The molecule has 3 rings (SSSR count). The highest BCUT2D eigenvalue weighted by Gasteiger charge is 2.43. The van der Waals surface area contributed by atoms with Gasteiger partial charge in [-0.05, 0) is 35.3 Å². The van der Waals surface area contributed by atoms with Crippen LogP contribution < -0.4 is 0 Å². The van der Waals surface area contributed by atoms with Crippen LogP contribution in [0.1, 0.15) is 0 Å². The van der Waals surface area contributed by atoms with E-state index in [1.54, 1.807) is 36.4 Å². The van der Waals surface area contributed by atoms with Gasteiger partial charge in [-0.1, -0.05) is 29.8 Å². The Morgan fingerprint density at radius 1 is 1.17 bits per heavy atom. The van der Waals surface area contributed by atoms with Crippen molar-refractivity contribution in [3.8, 4) is 21.8 Å². The maximum absolute atomic E-state index is 13.3. The van der Waals surface area contributed by atoms with Crippen LogP contribution in [0.3, 0.4) is 0 Å². The van der Waals surface area contributed by atoms with Crippen LogP contribution in [-0.4, -0.2) is 21.6 Å². The van der Waals surface area contributed by atoms with Gasteiger partial charge in [-0.15, -0.1) is 11.3 Å². The molecule has 126 valence electrons. The summed E-state index contributed by atoms with van der Waals surface area (Å²) in [4.78, 5) is 7.58. The maximum Gasteiger partial charge on any atom is 0.360 e. The number of nitrogens with one attached hydrogen (secondary N) is 1. The van der Waals surface area contributed by atoms with Crippen LogP contribution in [0.4, 0.5) is 17.6 Å². The summed E-state index contributed by atoms with van der Waals surface area (Å²) in [5.74, 6) is 0. The first-order chi connectivity index (χ1) is 11.4. The molecule has 0 bridgehead atoms. The van der Waals surface area contributed by atoms with Gasteiger partial charge in [-0.25, -0.2) is 13.8 Å². The molecule has 0 aliphatic rings. The van der Waals surface area contributed by atoms with Gasteiger partial charge in [0.25, 0.3) is 0 Å². The largest absolute Gasteiger partial charge is 0.360 e. The summed E-state index contributed by atoms with van der Waals surface area (Å²) in [5, 5.41) is -2.15. The Kier molecular flexibility index (Phi) is 4.89. The number of thioether (sulfide) groups is 1. The zero-order valence-corrected chi connectivity index (χ0v) is 14.2. The Hall–Kier alpha value is -1.51. The van der Waals surface area contributed by atoms with E-state index in [0.717, 1.165) is 4.88 Å². The first-order valence-electron chi connectivity index (χ1n) is 6.61. The third-order valence-electron chi connectivity index (χ3n) is 3.05. The van der Waals surface area contributed by atoms with Gasteiger partial charge in [0.1, 0.15) is 0 Å². The summed E-state index contributed by atoms with van der Waals surface area (Å²) in [7, 11) is 0. The zero-order valence-electron chi connectivity index (χ0n) is 11.8. The minimum atomic E-state index is -4.22. The number of H-pyrrole nitrogens is 1. The number of alkyl halides is 4. The average molecular weight is 393 g/mol. The highest BCUT2D eigenvalue weighted by molar-refractivity contribution is 8.00. The first-order valence-corrected chi connectivity index (χ1v) is 8.69. The summed E-state index contributed by atoms with van der Waals surface area (Å²) in [6, 6.07) is 10.3. The third kappa shape index (κ3) is 3.60. The summed E-state index contributed by atoms with van der Waals surface area (Å²) in [6.45, 7) is 0. The number of rotatable bonds is 5. The Bertz CT molecular complexity index is 817. The predicted molar refractivity (Wildman–Crippen MR) is 89.2 cm³/mol. The van der Waals surface area contributed by atoms with E-state index in [-0.39, 0.29) is 16.9 Å². The third-order valence-corrected chi connectivity index (χ3v) is 5.03. The lowest BCUT2D eigenvalue weighted by Crippen LogP contribution is -2.21. The number of nitrogens with zero attached hydrogens (tertiary/aromatic N) is 1. The molecule has 0 amide bonds. The number of hydrogen-bond donors (Lipinski definition) is 1. The minimum absolute atomic E-state index is 0.270. The van der Waals surface area contributed by atoms with Crippen LogP contribution >= 0.6 is 34.7 Å². The SMILES string of the molecule is FC(F)C(F)(F)Sc1nc(-c2ccc(Cl)cc2)c(-c2cccs2)[nH]1. The van der Waals surface area contributed by atoms with Crippen molar-refractivity contribution in [3.05, 3.63) is 46.8 Å². The molecule has 3 aromatic rings. The molecular weight excluding hydrogens is 384 g/mol. The molecule has 2 aromatic heterocycles. The molecule has 0 aliphatic heterocycles. The molecule has 0 saturated carbocycles. The molecule has 0 saturated heterocycles. The summed E-state index contributed by atoms with van der Waals surface area (Å²) >= 11 is 6.95. The molecule has 0 spiro atoms. The molecule has 0 atom stereocenters. The van der Waals surface area contributed by atoms with Crippen molar-refractivity contribution in [1.82, 2.24) is 9.97 Å². The van der Waals surface area contributed by atoms with E-state index in [9.17, 15) is 17.6 Å². The van der Waals surface area contributed by atoms with Crippen LogP contribution in [0, 0.1) is 0 Å². The van der Waals surface area contributed by atoms with Gasteiger partial charge >= 0.3 is 11.7 Å². The summed E-state index contributed by atoms with van der Waals surface area (Å²) < 4.78 is 51.5. The number of halogens is 5. The van der Waals surface area contributed by atoms with E-state index >= 15 is 0 Å². The normalized spacial score (nSPS) is 12.1. The molecular formula is C15H9ClF4N2S2. The highest BCUT2D eigenvalue weighted by Crippen LogP contribution is 2.42. The fourth-order valence-electron chi connectivity index (χ4n) is 1.99. The van der Waals surface area contributed by atoms with E-state index in [1.165, 1.54) is 11.3 Å². The van der Waals surface area contributed by atoms with E-state index in [0.29, 0.717) is 22.0 Å². The Balaban J connectivity index is 2.05. The highest BCUT2D eigenvalue weighted by atomic mass is 35.5. The molecule has 0 aliphatic carbocycles. The van der Waals surface area contributed by atoms with Crippen molar-refractivity contribution in [1.29, 1.82) is 0 Å². The standard InChI is InChI=1S/C15H9ClF4N2S2/c16-9-5-3-8(4-6-9)11-12(10-2-1-7-23-10)22-14(21-11)24-15(19,20)13(17)18/h1-7,13H,(H,21,22). The second-order valence-corrected chi connectivity index (χ2v) is 7.23. The van der Waals surface area contributed by atoms with Crippen molar-refractivity contribution < 1.29 is 17.6 Å². The molecule has 2 heterocycles. The van der Waals surface area contributed by atoms with Crippen molar-refractivity contribution >= 4 is 34.7 Å². The van der Waals surface area contributed by atoms with Crippen LogP contribution in [-0.2, 0) is 0 Å². The van der Waals surface area contributed by atoms with Gasteiger partial charge in [-0.3, -0.25) is 0 Å². The van der Waals surface area contributed by atoms with Gasteiger partial charge < -0.3 is 4.98 Å². The molecule has 9 heteroatoms. The van der Waals surface area contributed by atoms with Crippen LogP contribution in [0.5, 0.6) is 0 Å². The van der Waals surface area contributed by atoms with E-state index in [2.05, 4.69) is 9.97 Å². The van der Waals surface area contributed by atoms with Crippen molar-refractivity contribution in [2.75, 3.05) is 0 Å². The van der Waals surface area contributed by atoms with Gasteiger partial charge in [0.2, 0.25) is 0 Å². The molecule has 1 aromatic carbocycles. The zero-order chi connectivity index (χ0) is 17.3. The Labute approximate surface area is 147 Å². The Morgan fingerprint density at radius 3 is 2.46 bits per heavy atom. The monoisotopic (exact) mass is 392 g/mol. The van der Waals surface area contributed by atoms with Crippen LogP contribution in [0.25, 0.3) is 21.8 Å². The minimum Gasteiger partial charge on any atom is -0.332 e. The molecule has 1 N–H and O–H groups in total. The summed E-state index contributed by atoms with van der Waals surface area (Å²) in [5.41, 5.74) is 1.55. The quantitative estimate of drug-likeness (QED) is 0.401. The topological polar surface area (TPSA) is 28.7 Å². The number of thiophene rings is 1. The summed E-state index contributed by atoms with van der Waals surface area (Å²) in [6.07, 6.45) is -3.78. The van der Waals surface area contributed by atoms with Gasteiger partial charge in [0.15, 0.2) is 5.16 Å². The van der Waals surface area contributed by atoms with E-state index in [4.69, 9.17) is 11.6 Å². The predicted octanol–water partition coefficient (Wildman–Crippen LogP) is 6.41. The molecule has 0 radical (unpaired) electrons. The molecule has 0 fully saturated rings. The van der Waals surface area contributed by atoms with Gasteiger partial charge in [0.05, 0.1) is 16.3 Å². The maximum atomic E-state index is 13.3. The van der Waals surface area contributed by atoms with Gasteiger partial charge in [-0.2, -0.15) is 8.78 Å². The van der Waals surface area contributed by atoms with Crippen molar-refractivity contribution in [3.63, 3.8) is 0 Å². The fourth-order valence-corrected chi connectivity index (χ4v) is 3.48. The second kappa shape index (κ2) is 6.78. The van der Waals surface area contributed by atoms with Gasteiger partial charge in [0, 0.05) is 10.6 Å². The lowest BCUT2D eigenvalue weighted by Gasteiger charge is -2.11. The second-order valence-electron chi connectivity index (χ2n) is 4.71. The number of imidazole rings is 1. The lowest BCUT2D eigenvalue weighted by molar-refractivity contribution is -0.0565. The van der Waals surface area contributed by atoms with Crippen LogP contribution in [0.15, 0.2) is 46.9 Å². The molecule has 24 heavy (non-hydrogen) atoms. The number of aromatic nitrogens is 2. The van der Waals surface area contributed by atoms with Crippen molar-refractivity contribution in [2.24, 2.45) is 0 Å². The smallest absolute Gasteiger partial charge is 0.332 e. The van der Waals surface area contributed by atoms with Crippen molar-refractivity contribution in [2.45, 2.75) is 16.8 Å². The number of benzene rings is 1. The lowest BCUT2D eigenvalue weighted by atomic mass is 10.1. The molecule has 2 nitrogen and oxygen atoms in total. The Morgan fingerprint density at radius 2 is 1.88 bits per heavy atom. The van der Waals surface area contributed by atoms with Crippen LogP contribution in [0.2, 0.25) is 5.02 Å². The van der Waals surface area contributed by atoms with E-state index < -0.39 is 11.7 Å². The number of hydrogen-bond acceptors (Lipinski definition) is 3. The average Bonchev–Trinajstić information content (AvgIpc) is 3.16. The first kappa shape index (κ1) is 17.3. The number of aromatic amines is 1. The van der Waals surface area contributed by atoms with E-state index in [1.807, 2.05) is 5.38 Å². The molecule has 0 unspecified atom stereocenters.